The summed E-state index contributed by atoms with van der Waals surface area (Å²) in [6.45, 7) is 3.65. The zero-order chi connectivity index (χ0) is 16.0. The van der Waals surface area contributed by atoms with Crippen LogP contribution in [0.2, 0.25) is 0 Å². The molecule has 0 radical (unpaired) electrons. The van der Waals surface area contributed by atoms with Crippen LogP contribution >= 0.6 is 0 Å². The van der Waals surface area contributed by atoms with Gasteiger partial charge in [0.25, 0.3) is 5.91 Å². The molecule has 1 aromatic heterocycles. The highest BCUT2D eigenvalue weighted by atomic mass is 16.2. The lowest BCUT2D eigenvalue weighted by Crippen LogP contribution is -2.45. The molecule has 4 rings (SSSR count). The van der Waals surface area contributed by atoms with Gasteiger partial charge in [-0.05, 0) is 37.5 Å². The molecule has 1 aromatic carbocycles. The Morgan fingerprint density at radius 1 is 1.35 bits per heavy atom. The van der Waals surface area contributed by atoms with Gasteiger partial charge in [-0.2, -0.15) is 5.26 Å². The fraction of sp³-hybridized carbons (Fsp3) is 0.333. The molecule has 0 bridgehead atoms. The number of carbonyl (C=O) groups excluding carboxylic acids is 1. The molecule has 2 aromatic rings. The summed E-state index contributed by atoms with van der Waals surface area (Å²) in [4.78, 5) is 20.0. The molecule has 23 heavy (non-hydrogen) atoms. The van der Waals surface area contributed by atoms with Gasteiger partial charge in [0, 0.05) is 25.3 Å². The summed E-state index contributed by atoms with van der Waals surface area (Å²) < 4.78 is 0. The summed E-state index contributed by atoms with van der Waals surface area (Å²) in [5.41, 5.74) is 4.32. The fourth-order valence-corrected chi connectivity index (χ4v) is 3.38. The average molecular weight is 306 g/mol. The van der Waals surface area contributed by atoms with Crippen LogP contribution in [0.25, 0.3) is 0 Å². The molecule has 5 nitrogen and oxygen atoms in total. The second kappa shape index (κ2) is 5.17. The molecule has 1 N–H and O–H groups in total. The number of H-pyrrole nitrogens is 1. The molecule has 1 aliphatic heterocycles. The number of rotatable bonds is 2. The Hall–Kier alpha value is -2.74. The van der Waals surface area contributed by atoms with E-state index in [4.69, 9.17) is 5.26 Å². The lowest BCUT2D eigenvalue weighted by Gasteiger charge is -2.39. The normalized spacial score (nSPS) is 16.9. The highest BCUT2D eigenvalue weighted by Crippen LogP contribution is 2.42. The van der Waals surface area contributed by atoms with Crippen molar-refractivity contribution >= 4 is 17.3 Å². The second-order valence-electron chi connectivity index (χ2n) is 6.24. The first-order valence-corrected chi connectivity index (χ1v) is 7.95. The van der Waals surface area contributed by atoms with Crippen molar-refractivity contribution in [3.05, 3.63) is 47.3 Å². The van der Waals surface area contributed by atoms with Crippen molar-refractivity contribution in [3.8, 4) is 6.07 Å². The van der Waals surface area contributed by atoms with Gasteiger partial charge in [0.1, 0.15) is 11.8 Å². The number of hydrogen-bond donors (Lipinski definition) is 1. The van der Waals surface area contributed by atoms with Crippen LogP contribution in [-0.4, -0.2) is 30.0 Å². The lowest BCUT2D eigenvalue weighted by atomic mass is 10.1. The monoisotopic (exact) mass is 306 g/mol. The average Bonchev–Trinajstić information content (AvgIpc) is 3.30. The van der Waals surface area contributed by atoms with E-state index < -0.39 is 0 Å². The summed E-state index contributed by atoms with van der Waals surface area (Å²) in [6.07, 6.45) is 4.10. The lowest BCUT2D eigenvalue weighted by molar-refractivity contribution is 0.0986. The molecular formula is C18H18N4O. The van der Waals surface area contributed by atoms with Crippen molar-refractivity contribution in [1.82, 2.24) is 4.98 Å². The molecule has 0 spiro atoms. The molecular weight excluding hydrogens is 288 g/mol. The van der Waals surface area contributed by atoms with Gasteiger partial charge < -0.3 is 14.8 Å². The molecule has 116 valence electrons. The smallest absolute Gasteiger partial charge is 0.259 e. The number of nitrogens with zero attached hydrogens (tertiary/aromatic N) is 3. The van der Waals surface area contributed by atoms with E-state index in [1.807, 2.05) is 23.1 Å². The number of fused-ring (bicyclic) bond motifs is 1. The third-order valence-corrected chi connectivity index (χ3v) is 4.64. The minimum atomic E-state index is -0.0509. The van der Waals surface area contributed by atoms with Crippen LogP contribution in [0.3, 0.4) is 0 Å². The van der Waals surface area contributed by atoms with E-state index in [9.17, 15) is 4.79 Å². The molecule has 0 saturated heterocycles. The second-order valence-corrected chi connectivity index (χ2v) is 6.24. The number of aromatic nitrogens is 1. The quantitative estimate of drug-likeness (QED) is 0.928. The number of amides is 1. The van der Waals surface area contributed by atoms with Crippen LogP contribution in [0.1, 0.15) is 34.5 Å². The van der Waals surface area contributed by atoms with Gasteiger partial charge in [-0.3, -0.25) is 4.79 Å². The number of aryl methyl sites for hydroxylation is 1. The number of aromatic amines is 1. The number of para-hydroxylation sites is 1. The molecule has 1 aliphatic carbocycles. The van der Waals surface area contributed by atoms with Gasteiger partial charge in [-0.1, -0.05) is 12.1 Å². The van der Waals surface area contributed by atoms with Crippen molar-refractivity contribution in [3.63, 3.8) is 0 Å². The van der Waals surface area contributed by atoms with E-state index in [-0.39, 0.29) is 5.91 Å². The summed E-state index contributed by atoms with van der Waals surface area (Å²) in [5.74, 6) is -0.0509. The van der Waals surface area contributed by atoms with E-state index in [2.05, 4.69) is 22.9 Å². The van der Waals surface area contributed by atoms with E-state index in [0.717, 1.165) is 12.2 Å². The molecule has 1 amide bonds. The molecule has 1 saturated carbocycles. The van der Waals surface area contributed by atoms with Crippen molar-refractivity contribution in [2.45, 2.75) is 25.8 Å². The topological polar surface area (TPSA) is 63.1 Å². The number of nitriles is 1. The van der Waals surface area contributed by atoms with Gasteiger partial charge in [0.05, 0.1) is 16.9 Å². The van der Waals surface area contributed by atoms with Crippen LogP contribution < -0.4 is 9.80 Å². The Labute approximate surface area is 135 Å². The van der Waals surface area contributed by atoms with Crippen LogP contribution in [-0.2, 0) is 0 Å². The van der Waals surface area contributed by atoms with E-state index in [1.54, 1.807) is 12.3 Å². The zero-order valence-corrected chi connectivity index (χ0v) is 13.0. The van der Waals surface area contributed by atoms with Crippen LogP contribution in [0.15, 0.2) is 30.5 Å². The highest BCUT2D eigenvalue weighted by Gasteiger charge is 2.36. The Bertz CT molecular complexity index is 813. The maximum absolute atomic E-state index is 12.9. The molecule has 2 heterocycles. The van der Waals surface area contributed by atoms with Crippen molar-refractivity contribution in [2.24, 2.45) is 0 Å². The van der Waals surface area contributed by atoms with Gasteiger partial charge in [-0.25, -0.2) is 0 Å². The fourth-order valence-electron chi connectivity index (χ4n) is 3.38. The molecule has 0 unspecified atom stereocenters. The summed E-state index contributed by atoms with van der Waals surface area (Å²) in [6, 6.07) is 10.4. The molecule has 5 heteroatoms. The summed E-state index contributed by atoms with van der Waals surface area (Å²) >= 11 is 0. The van der Waals surface area contributed by atoms with E-state index in [1.165, 1.54) is 24.1 Å². The Morgan fingerprint density at radius 2 is 2.17 bits per heavy atom. The van der Waals surface area contributed by atoms with Crippen molar-refractivity contribution in [2.75, 3.05) is 22.9 Å². The van der Waals surface area contributed by atoms with Crippen molar-refractivity contribution < 1.29 is 4.79 Å². The Morgan fingerprint density at radius 3 is 2.87 bits per heavy atom. The first-order valence-electron chi connectivity index (χ1n) is 7.95. The maximum atomic E-state index is 12.9. The number of nitrogens with one attached hydrogen (secondary N) is 1. The number of benzene rings is 1. The number of anilines is 2. The number of carbonyl (C=O) groups is 1. The third kappa shape index (κ3) is 2.27. The van der Waals surface area contributed by atoms with E-state index in [0.29, 0.717) is 23.8 Å². The predicted octanol–water partition coefficient (Wildman–Crippen LogP) is 2.82. The Balaban J connectivity index is 1.73. The third-order valence-electron chi connectivity index (χ3n) is 4.64. The number of hydrogen-bond acceptors (Lipinski definition) is 3. The largest absolute Gasteiger partial charge is 0.365 e. The maximum Gasteiger partial charge on any atom is 0.259 e. The van der Waals surface area contributed by atoms with Gasteiger partial charge >= 0.3 is 0 Å². The highest BCUT2D eigenvalue weighted by molar-refractivity contribution is 6.08. The van der Waals surface area contributed by atoms with Crippen LogP contribution in [0.4, 0.5) is 11.4 Å². The van der Waals surface area contributed by atoms with Gasteiger partial charge in [0.15, 0.2) is 0 Å². The molecule has 1 fully saturated rings. The zero-order valence-electron chi connectivity index (χ0n) is 13.0. The van der Waals surface area contributed by atoms with Crippen molar-refractivity contribution in [1.29, 1.82) is 5.26 Å². The standard InChI is InChI=1S/C18H18N4O/c1-12-3-2-4-16-17(12)21(15-5-6-15)7-8-22(16)18(23)13-9-14(10-19)20-11-13/h2-4,9,11,15,20H,5-8H2,1H3. The minimum absolute atomic E-state index is 0.0509. The minimum Gasteiger partial charge on any atom is -0.365 e. The first kappa shape index (κ1) is 13.9. The van der Waals surface area contributed by atoms with Crippen LogP contribution in [0.5, 0.6) is 0 Å². The summed E-state index contributed by atoms with van der Waals surface area (Å²) in [5, 5.41) is 8.93. The Kier molecular flexibility index (Phi) is 3.12. The first-order chi connectivity index (χ1) is 11.2. The molecule has 2 aliphatic rings. The van der Waals surface area contributed by atoms with Crippen LogP contribution in [0, 0.1) is 18.3 Å². The van der Waals surface area contributed by atoms with E-state index >= 15 is 0 Å². The predicted molar refractivity (Wildman–Crippen MR) is 88.7 cm³/mol. The SMILES string of the molecule is Cc1cccc2c1N(C1CC1)CCN2C(=O)c1c[nH]c(C#N)c1. The van der Waals surface area contributed by atoms with Gasteiger partial charge in [-0.15, -0.1) is 0 Å². The van der Waals surface area contributed by atoms with Gasteiger partial charge in [0.2, 0.25) is 0 Å². The molecule has 0 atom stereocenters. The summed E-state index contributed by atoms with van der Waals surface area (Å²) in [7, 11) is 0.